The van der Waals surface area contributed by atoms with Crippen molar-refractivity contribution >= 4 is 11.8 Å². The predicted molar refractivity (Wildman–Crippen MR) is 98.4 cm³/mol. The van der Waals surface area contributed by atoms with E-state index in [1.807, 2.05) is 45.9 Å². The van der Waals surface area contributed by atoms with Crippen molar-refractivity contribution < 1.29 is 14.3 Å². The highest BCUT2D eigenvalue weighted by Crippen LogP contribution is 2.18. The minimum Gasteiger partial charge on any atom is -0.381 e. The Labute approximate surface area is 150 Å². The zero-order valence-electron chi connectivity index (χ0n) is 15.7. The summed E-state index contributed by atoms with van der Waals surface area (Å²) in [6, 6.07) is 6.87. The molecule has 2 N–H and O–H groups in total. The molecule has 1 aliphatic rings. The Kier molecular flexibility index (Phi) is 7.00. The summed E-state index contributed by atoms with van der Waals surface area (Å²) in [4.78, 5) is 25.3. The van der Waals surface area contributed by atoms with Crippen LogP contribution in [-0.4, -0.2) is 37.1 Å². The van der Waals surface area contributed by atoms with Gasteiger partial charge in [-0.3, -0.25) is 9.59 Å². The summed E-state index contributed by atoms with van der Waals surface area (Å²) in [7, 11) is 0. The van der Waals surface area contributed by atoms with Gasteiger partial charge in [-0.25, -0.2) is 0 Å². The molecule has 3 atom stereocenters. The highest BCUT2D eigenvalue weighted by molar-refractivity contribution is 5.98. The third-order valence-electron chi connectivity index (χ3n) is 4.90. The lowest BCUT2D eigenvalue weighted by Crippen LogP contribution is -2.53. The maximum Gasteiger partial charge on any atom is 0.252 e. The van der Waals surface area contributed by atoms with Gasteiger partial charge in [-0.15, -0.1) is 0 Å². The molecule has 0 radical (unpaired) electrons. The second-order valence-electron chi connectivity index (χ2n) is 7.28. The van der Waals surface area contributed by atoms with Crippen LogP contribution < -0.4 is 10.6 Å². The van der Waals surface area contributed by atoms with Gasteiger partial charge in [0.05, 0.1) is 6.61 Å². The van der Waals surface area contributed by atoms with Crippen LogP contribution in [0.15, 0.2) is 24.3 Å². The number of aryl methyl sites for hydroxylation is 1. The normalized spacial score (nSPS) is 20.0. The summed E-state index contributed by atoms with van der Waals surface area (Å²) >= 11 is 0. The average Bonchev–Trinajstić information content (AvgIpc) is 2.60. The van der Waals surface area contributed by atoms with E-state index in [-0.39, 0.29) is 23.8 Å². The van der Waals surface area contributed by atoms with Crippen molar-refractivity contribution in [1.82, 2.24) is 10.6 Å². The first-order valence-corrected chi connectivity index (χ1v) is 9.14. The highest BCUT2D eigenvalue weighted by atomic mass is 16.5. The molecule has 1 heterocycles. The summed E-state index contributed by atoms with van der Waals surface area (Å²) < 4.78 is 5.51. The van der Waals surface area contributed by atoms with Crippen molar-refractivity contribution in [3.8, 4) is 0 Å². The number of ether oxygens (including phenoxy) is 1. The molecule has 1 aromatic rings. The molecule has 0 saturated carbocycles. The number of carbonyl (C=O) groups is 2. The van der Waals surface area contributed by atoms with Crippen LogP contribution in [0.3, 0.4) is 0 Å². The van der Waals surface area contributed by atoms with Crippen LogP contribution >= 0.6 is 0 Å². The van der Waals surface area contributed by atoms with Crippen LogP contribution in [-0.2, 0) is 9.53 Å². The number of carbonyl (C=O) groups excluding carboxylic acids is 2. The first kappa shape index (κ1) is 19.4. The van der Waals surface area contributed by atoms with Crippen LogP contribution in [0.25, 0.3) is 0 Å². The molecule has 1 aromatic carbocycles. The molecule has 5 heteroatoms. The third kappa shape index (κ3) is 5.30. The van der Waals surface area contributed by atoms with E-state index in [2.05, 4.69) is 10.6 Å². The van der Waals surface area contributed by atoms with E-state index in [4.69, 9.17) is 4.74 Å². The van der Waals surface area contributed by atoms with Crippen LogP contribution in [0.1, 0.15) is 49.5 Å². The van der Waals surface area contributed by atoms with Crippen molar-refractivity contribution in [2.24, 2.45) is 11.8 Å². The van der Waals surface area contributed by atoms with Gasteiger partial charge < -0.3 is 15.4 Å². The smallest absolute Gasteiger partial charge is 0.252 e. The van der Waals surface area contributed by atoms with E-state index in [0.717, 1.165) is 25.0 Å². The molecule has 1 saturated heterocycles. The summed E-state index contributed by atoms with van der Waals surface area (Å²) in [6.07, 6.45) is 2.09. The van der Waals surface area contributed by atoms with E-state index in [0.29, 0.717) is 18.1 Å². The first-order chi connectivity index (χ1) is 11.9. The van der Waals surface area contributed by atoms with Gasteiger partial charge in [-0.1, -0.05) is 32.0 Å². The number of amides is 2. The fourth-order valence-corrected chi connectivity index (χ4v) is 3.17. The molecule has 2 rings (SSSR count). The second kappa shape index (κ2) is 8.99. The molecule has 5 nitrogen and oxygen atoms in total. The first-order valence-electron chi connectivity index (χ1n) is 9.14. The Hall–Kier alpha value is -1.88. The van der Waals surface area contributed by atoms with Gasteiger partial charge in [-0.05, 0) is 44.2 Å². The zero-order chi connectivity index (χ0) is 18.4. The van der Waals surface area contributed by atoms with Crippen molar-refractivity contribution in [1.29, 1.82) is 0 Å². The number of hydrogen-bond acceptors (Lipinski definition) is 3. The lowest BCUT2D eigenvalue weighted by Gasteiger charge is -2.30. The minimum absolute atomic E-state index is 0.00257. The molecule has 3 unspecified atom stereocenters. The van der Waals surface area contributed by atoms with Gasteiger partial charge in [0.1, 0.15) is 6.04 Å². The van der Waals surface area contributed by atoms with Crippen LogP contribution in [0.2, 0.25) is 0 Å². The summed E-state index contributed by atoms with van der Waals surface area (Å²) in [5, 5.41) is 5.97. The monoisotopic (exact) mass is 346 g/mol. The molecule has 1 fully saturated rings. The van der Waals surface area contributed by atoms with Crippen molar-refractivity contribution in [3.05, 3.63) is 35.4 Å². The molecular weight excluding hydrogens is 316 g/mol. The van der Waals surface area contributed by atoms with Gasteiger partial charge in [-0.2, -0.15) is 0 Å². The Morgan fingerprint density at radius 3 is 2.48 bits per heavy atom. The van der Waals surface area contributed by atoms with Crippen molar-refractivity contribution in [2.75, 3.05) is 13.2 Å². The second-order valence-corrected chi connectivity index (χ2v) is 7.28. The molecule has 0 aromatic heterocycles. The largest absolute Gasteiger partial charge is 0.381 e. The lowest BCUT2D eigenvalue weighted by atomic mass is 9.94. The van der Waals surface area contributed by atoms with E-state index in [1.54, 1.807) is 6.07 Å². The quantitative estimate of drug-likeness (QED) is 0.832. The van der Waals surface area contributed by atoms with Crippen LogP contribution in [0.4, 0.5) is 0 Å². The fraction of sp³-hybridized carbons (Fsp3) is 0.600. The molecule has 138 valence electrons. The maximum atomic E-state index is 12.7. The average molecular weight is 346 g/mol. The van der Waals surface area contributed by atoms with Gasteiger partial charge in [0.15, 0.2) is 0 Å². The molecule has 25 heavy (non-hydrogen) atoms. The SMILES string of the molecule is Cc1ccccc1C(=O)NC(C(=O)NC(C)C1CCCOC1)C(C)C. The Bertz CT molecular complexity index is 594. The minimum atomic E-state index is -0.556. The number of nitrogens with one attached hydrogen (secondary N) is 2. The molecule has 2 amide bonds. The standard InChI is InChI=1S/C20H30N2O3/c1-13(2)18(22-19(23)17-10-6-5-8-14(17)3)20(24)21-15(4)16-9-7-11-25-12-16/h5-6,8,10,13,15-16,18H,7,9,11-12H2,1-4H3,(H,21,24)(H,22,23). The molecule has 0 aliphatic carbocycles. The predicted octanol–water partition coefficient (Wildman–Crippen LogP) is 2.68. The molecule has 0 spiro atoms. The number of benzene rings is 1. The van der Waals surface area contributed by atoms with E-state index < -0.39 is 6.04 Å². The number of rotatable bonds is 6. The Balaban J connectivity index is 2.00. The molecule has 1 aliphatic heterocycles. The van der Waals surface area contributed by atoms with E-state index in [1.165, 1.54) is 0 Å². The Morgan fingerprint density at radius 2 is 1.88 bits per heavy atom. The van der Waals surface area contributed by atoms with Crippen molar-refractivity contribution in [2.45, 2.75) is 52.6 Å². The zero-order valence-corrected chi connectivity index (χ0v) is 15.7. The lowest BCUT2D eigenvalue weighted by molar-refractivity contribution is -0.125. The van der Waals surface area contributed by atoms with E-state index in [9.17, 15) is 9.59 Å². The highest BCUT2D eigenvalue weighted by Gasteiger charge is 2.28. The van der Waals surface area contributed by atoms with Gasteiger partial charge in [0.25, 0.3) is 5.91 Å². The van der Waals surface area contributed by atoms with Gasteiger partial charge >= 0.3 is 0 Å². The molecule has 0 bridgehead atoms. The topological polar surface area (TPSA) is 67.4 Å². The van der Waals surface area contributed by atoms with Crippen LogP contribution in [0.5, 0.6) is 0 Å². The third-order valence-corrected chi connectivity index (χ3v) is 4.90. The summed E-state index contributed by atoms with van der Waals surface area (Å²) in [5.41, 5.74) is 1.50. The Morgan fingerprint density at radius 1 is 1.16 bits per heavy atom. The summed E-state index contributed by atoms with van der Waals surface area (Å²) in [6.45, 7) is 9.28. The van der Waals surface area contributed by atoms with Gasteiger partial charge in [0.2, 0.25) is 5.91 Å². The van der Waals surface area contributed by atoms with Crippen molar-refractivity contribution in [3.63, 3.8) is 0 Å². The van der Waals surface area contributed by atoms with E-state index >= 15 is 0 Å². The van der Waals surface area contributed by atoms with Crippen LogP contribution in [0, 0.1) is 18.8 Å². The maximum absolute atomic E-state index is 12.7. The molecular formula is C20H30N2O3. The van der Waals surface area contributed by atoms with Gasteiger partial charge in [0, 0.05) is 24.1 Å². The number of hydrogen-bond donors (Lipinski definition) is 2. The fourth-order valence-electron chi connectivity index (χ4n) is 3.17. The summed E-state index contributed by atoms with van der Waals surface area (Å²) in [5.74, 6) is -0.00374.